The Morgan fingerprint density at radius 2 is 1.12 bits per heavy atom. The number of carbonyl (C=O) groups excluding carboxylic acids is 1. The molecule has 0 saturated carbocycles. The maximum Gasteiger partial charge on any atom is 0.357 e. The third-order valence-electron chi connectivity index (χ3n) is 5.42. The fourth-order valence-corrected chi connectivity index (χ4v) is 4.20. The van der Waals surface area contributed by atoms with Gasteiger partial charge in [0.05, 0.1) is 50.8 Å². The van der Waals surface area contributed by atoms with E-state index < -0.39 is 11.9 Å². The van der Waals surface area contributed by atoms with Crippen LogP contribution >= 0.6 is 46.4 Å². The van der Waals surface area contributed by atoms with Gasteiger partial charge in [0.1, 0.15) is 5.69 Å². The Kier molecular flexibility index (Phi) is 11.5. The molecule has 2 heterocycles. The molecular formula is C29H24Cl4N2O6. The van der Waals surface area contributed by atoms with Crippen molar-refractivity contribution in [1.29, 1.82) is 0 Å². The lowest BCUT2D eigenvalue weighted by Gasteiger charge is -2.11. The minimum Gasteiger partial charge on any atom is -0.477 e. The smallest absolute Gasteiger partial charge is 0.357 e. The second-order valence-electron chi connectivity index (χ2n) is 8.77. The highest BCUT2D eigenvalue weighted by Crippen LogP contribution is 2.34. The van der Waals surface area contributed by atoms with Crippen LogP contribution in [-0.4, -0.2) is 43.3 Å². The van der Waals surface area contributed by atoms with E-state index >= 15 is 0 Å². The van der Waals surface area contributed by atoms with Gasteiger partial charge in [0, 0.05) is 11.1 Å². The van der Waals surface area contributed by atoms with Crippen molar-refractivity contribution >= 4 is 58.3 Å². The van der Waals surface area contributed by atoms with E-state index in [2.05, 4.69) is 9.97 Å². The van der Waals surface area contributed by atoms with E-state index in [1.165, 1.54) is 12.1 Å². The second kappa shape index (κ2) is 14.6. The van der Waals surface area contributed by atoms with E-state index in [0.29, 0.717) is 22.5 Å². The number of carboxylic acid groups (broad SMARTS) is 1. The fraction of sp³-hybridized carbons (Fsp3) is 0.172. The van der Waals surface area contributed by atoms with Crippen molar-refractivity contribution in [1.82, 2.24) is 9.97 Å². The first-order valence-corrected chi connectivity index (χ1v) is 13.5. The molecule has 0 fully saturated rings. The number of nitrogens with zero attached hydrogens (tertiary/aromatic N) is 2. The van der Waals surface area contributed by atoms with Gasteiger partial charge >= 0.3 is 11.9 Å². The number of aliphatic hydroxyl groups is 2. The average molecular weight is 638 g/mol. The van der Waals surface area contributed by atoms with E-state index in [1.807, 2.05) is 0 Å². The molecule has 12 heteroatoms. The van der Waals surface area contributed by atoms with E-state index in [4.69, 9.17) is 66.5 Å². The summed E-state index contributed by atoms with van der Waals surface area (Å²) in [6, 6.07) is 16.4. The molecule has 41 heavy (non-hydrogen) atoms. The molecule has 2 aromatic heterocycles. The second-order valence-corrected chi connectivity index (χ2v) is 10.3. The largest absolute Gasteiger partial charge is 0.477 e. The van der Waals surface area contributed by atoms with Gasteiger partial charge in [-0.1, -0.05) is 94.9 Å². The Bertz CT molecular complexity index is 1540. The number of benzene rings is 2. The number of aromatic carboxylic acids is 1. The number of esters is 1. The quantitative estimate of drug-likeness (QED) is 0.179. The number of carboxylic acids is 1. The van der Waals surface area contributed by atoms with Gasteiger partial charge < -0.3 is 20.1 Å². The van der Waals surface area contributed by atoms with Crippen molar-refractivity contribution in [2.45, 2.75) is 33.2 Å². The topological polar surface area (TPSA) is 130 Å². The number of carbonyl (C=O) groups is 2. The predicted molar refractivity (Wildman–Crippen MR) is 159 cm³/mol. The molecule has 0 aliphatic heterocycles. The zero-order valence-corrected chi connectivity index (χ0v) is 24.8. The Labute approximate surface area is 256 Å². The number of halogens is 4. The predicted octanol–water partition coefficient (Wildman–Crippen LogP) is 7.36. The van der Waals surface area contributed by atoms with E-state index in [9.17, 15) is 9.59 Å². The van der Waals surface area contributed by atoms with Gasteiger partial charge in [-0.05, 0) is 37.1 Å². The standard InChI is InChI=1S/C16H15Cl2NO3.C13H9Cl2NO3/c1-9(2)22-16(21)13-7-12(17)14(18)15(19-13)11-5-3-10(8-20)4-6-11;14-9-5-10(13(18)19)16-12(11(9)15)8-3-1-7(6-17)2-4-8/h3-7,9,20H,8H2,1-2H3;1-5,17H,6H2,(H,18,19). The summed E-state index contributed by atoms with van der Waals surface area (Å²) in [5, 5.41) is 27.8. The Morgan fingerprint density at radius 3 is 1.49 bits per heavy atom. The number of aromatic nitrogens is 2. The van der Waals surface area contributed by atoms with Crippen LogP contribution in [-0.2, 0) is 18.0 Å². The molecule has 0 aliphatic rings. The minimum absolute atomic E-state index is 0.0526. The Balaban J connectivity index is 0.000000228. The maximum absolute atomic E-state index is 12.0. The highest BCUT2D eigenvalue weighted by molar-refractivity contribution is 6.44. The Hall–Kier alpha value is -3.24. The summed E-state index contributed by atoms with van der Waals surface area (Å²) in [7, 11) is 0. The summed E-state index contributed by atoms with van der Waals surface area (Å²) in [5.41, 5.74) is 3.46. The molecule has 2 aromatic carbocycles. The molecule has 0 aliphatic carbocycles. The summed E-state index contributed by atoms with van der Waals surface area (Å²) < 4.78 is 5.12. The van der Waals surface area contributed by atoms with Crippen molar-refractivity contribution in [3.05, 3.63) is 103 Å². The van der Waals surface area contributed by atoms with Gasteiger partial charge in [-0.2, -0.15) is 0 Å². The van der Waals surface area contributed by atoms with E-state index in [0.717, 1.165) is 11.1 Å². The first kappa shape index (κ1) is 32.3. The highest BCUT2D eigenvalue weighted by Gasteiger charge is 2.18. The van der Waals surface area contributed by atoms with Crippen LogP contribution in [0.5, 0.6) is 0 Å². The molecular weight excluding hydrogens is 614 g/mol. The SMILES string of the molecule is CC(C)OC(=O)c1cc(Cl)c(Cl)c(-c2ccc(CO)cc2)n1.O=C(O)c1cc(Cl)c(Cl)c(-c2ccc(CO)cc2)n1. The van der Waals surface area contributed by atoms with Gasteiger partial charge in [0.15, 0.2) is 5.69 Å². The van der Waals surface area contributed by atoms with Crippen molar-refractivity contribution < 1.29 is 29.6 Å². The van der Waals surface area contributed by atoms with Crippen LogP contribution in [0.3, 0.4) is 0 Å². The molecule has 0 amide bonds. The van der Waals surface area contributed by atoms with Gasteiger partial charge in [-0.25, -0.2) is 19.6 Å². The van der Waals surface area contributed by atoms with Crippen LogP contribution in [0, 0.1) is 0 Å². The number of hydrogen-bond acceptors (Lipinski definition) is 7. The zero-order chi connectivity index (χ0) is 30.3. The van der Waals surface area contributed by atoms with E-state index in [-0.39, 0.29) is 50.8 Å². The molecule has 8 nitrogen and oxygen atoms in total. The van der Waals surface area contributed by atoms with Crippen molar-refractivity contribution in [2.24, 2.45) is 0 Å². The molecule has 0 unspecified atom stereocenters. The fourth-order valence-electron chi connectivity index (χ4n) is 3.40. The molecule has 0 spiro atoms. The summed E-state index contributed by atoms with van der Waals surface area (Å²) >= 11 is 24.2. The first-order valence-electron chi connectivity index (χ1n) is 12.0. The molecule has 0 radical (unpaired) electrons. The third kappa shape index (κ3) is 8.39. The van der Waals surface area contributed by atoms with Gasteiger partial charge in [-0.15, -0.1) is 0 Å². The van der Waals surface area contributed by atoms with Crippen LogP contribution < -0.4 is 0 Å². The lowest BCUT2D eigenvalue weighted by atomic mass is 10.1. The third-order valence-corrected chi connectivity index (χ3v) is 6.97. The molecule has 0 bridgehead atoms. The average Bonchev–Trinajstić information content (AvgIpc) is 2.95. The van der Waals surface area contributed by atoms with Crippen LogP contribution in [0.2, 0.25) is 20.1 Å². The minimum atomic E-state index is -1.17. The van der Waals surface area contributed by atoms with Gasteiger partial charge in [0.25, 0.3) is 0 Å². The molecule has 0 atom stereocenters. The molecule has 214 valence electrons. The van der Waals surface area contributed by atoms with Crippen LogP contribution in [0.15, 0.2) is 60.7 Å². The van der Waals surface area contributed by atoms with Crippen LogP contribution in [0.1, 0.15) is 46.0 Å². The monoisotopic (exact) mass is 636 g/mol. The van der Waals surface area contributed by atoms with E-state index in [1.54, 1.807) is 62.4 Å². The number of pyridine rings is 2. The van der Waals surface area contributed by atoms with Gasteiger partial charge in [-0.3, -0.25) is 0 Å². The number of ether oxygens (including phenoxy) is 1. The van der Waals surface area contributed by atoms with Crippen molar-refractivity contribution in [2.75, 3.05) is 0 Å². The summed E-state index contributed by atoms with van der Waals surface area (Å²) in [6.07, 6.45) is -0.254. The summed E-state index contributed by atoms with van der Waals surface area (Å²) in [5.74, 6) is -1.73. The van der Waals surface area contributed by atoms with Gasteiger partial charge in [0.2, 0.25) is 0 Å². The zero-order valence-electron chi connectivity index (χ0n) is 21.7. The number of rotatable bonds is 7. The summed E-state index contributed by atoms with van der Waals surface area (Å²) in [6.45, 7) is 3.38. The van der Waals surface area contributed by atoms with Crippen molar-refractivity contribution in [3.8, 4) is 22.5 Å². The summed E-state index contributed by atoms with van der Waals surface area (Å²) in [4.78, 5) is 31.2. The lowest BCUT2D eigenvalue weighted by molar-refractivity contribution is 0.0370. The molecule has 3 N–H and O–H groups in total. The maximum atomic E-state index is 12.0. The number of hydrogen-bond donors (Lipinski definition) is 3. The van der Waals surface area contributed by atoms with Crippen LogP contribution in [0.25, 0.3) is 22.5 Å². The molecule has 4 rings (SSSR count). The molecule has 4 aromatic rings. The van der Waals surface area contributed by atoms with Crippen LogP contribution in [0.4, 0.5) is 0 Å². The lowest BCUT2D eigenvalue weighted by Crippen LogP contribution is -2.13. The van der Waals surface area contributed by atoms with Crippen molar-refractivity contribution in [3.63, 3.8) is 0 Å². The Morgan fingerprint density at radius 1 is 0.732 bits per heavy atom. The normalized spacial score (nSPS) is 10.7. The number of aliphatic hydroxyl groups excluding tert-OH is 2. The highest BCUT2D eigenvalue weighted by atomic mass is 35.5. The molecule has 0 saturated heterocycles. The first-order chi connectivity index (χ1) is 19.4.